The number of methoxy groups -OCH3 is 1. The predicted molar refractivity (Wildman–Crippen MR) is 112 cm³/mol. The molecule has 0 aliphatic heterocycles. The molecule has 0 aliphatic carbocycles. The van der Waals surface area contributed by atoms with E-state index in [4.69, 9.17) is 20.8 Å². The molecule has 0 bridgehead atoms. The smallest absolute Gasteiger partial charge is 0.434 e. The summed E-state index contributed by atoms with van der Waals surface area (Å²) in [5.74, 6) is -1.98. The molecular weight excluding hydrogens is 449 g/mol. The Balaban J connectivity index is 2.10. The molecule has 0 radical (unpaired) electrons. The van der Waals surface area contributed by atoms with Gasteiger partial charge in [0.2, 0.25) is 15.9 Å². The number of aromatic amines is 1. The molecule has 0 fully saturated rings. The Morgan fingerprint density at radius 3 is 2.55 bits per heavy atom. The van der Waals surface area contributed by atoms with Crippen LogP contribution < -0.4 is 15.2 Å². The van der Waals surface area contributed by atoms with Gasteiger partial charge in [-0.05, 0) is 48.7 Å². The number of hydrogen-bond donors (Lipinski definition) is 2. The van der Waals surface area contributed by atoms with Gasteiger partial charge in [-0.25, -0.2) is 22.7 Å². The summed E-state index contributed by atoms with van der Waals surface area (Å²) in [7, 11) is -2.89. The topological polar surface area (TPSA) is 114 Å². The number of benzene rings is 2. The fourth-order valence-corrected chi connectivity index (χ4v) is 5.12. The highest BCUT2D eigenvalue weighted by atomic mass is 35.5. The average molecular weight is 470 g/mol. The minimum atomic E-state index is -4.20. The molecule has 8 nitrogen and oxygen atoms in total. The molecule has 3 rings (SSSR count). The normalized spacial score (nSPS) is 13.7. The Kier molecular flexibility index (Phi) is 6.54. The van der Waals surface area contributed by atoms with E-state index in [0.717, 1.165) is 0 Å². The van der Waals surface area contributed by atoms with Crippen molar-refractivity contribution in [1.29, 1.82) is 0 Å². The third-order valence-electron chi connectivity index (χ3n) is 5.18. The van der Waals surface area contributed by atoms with Gasteiger partial charge in [-0.3, -0.25) is 0 Å². The van der Waals surface area contributed by atoms with Crippen LogP contribution in [0, 0.1) is 19.7 Å². The number of hydrogen-bond acceptors (Lipinski definition) is 6. The summed E-state index contributed by atoms with van der Waals surface area (Å²) in [6, 6.07) is 6.09. The van der Waals surface area contributed by atoms with Gasteiger partial charge in [0.25, 0.3) is 0 Å². The zero-order chi connectivity index (χ0) is 22.9. The van der Waals surface area contributed by atoms with Crippen LogP contribution in [0.25, 0.3) is 0 Å². The number of nitrogens with one attached hydrogen (secondary N) is 2. The molecule has 0 aliphatic rings. The van der Waals surface area contributed by atoms with Crippen molar-refractivity contribution >= 4 is 21.6 Å². The van der Waals surface area contributed by atoms with E-state index in [9.17, 15) is 17.6 Å². The third kappa shape index (κ3) is 4.51. The van der Waals surface area contributed by atoms with Crippen molar-refractivity contribution in [2.75, 3.05) is 7.11 Å². The van der Waals surface area contributed by atoms with Gasteiger partial charge < -0.3 is 9.15 Å². The molecule has 166 valence electrons. The highest BCUT2D eigenvalue weighted by Crippen LogP contribution is 2.36. The third-order valence-corrected chi connectivity index (χ3v) is 6.94. The van der Waals surface area contributed by atoms with Gasteiger partial charge in [0.15, 0.2) is 5.75 Å². The Labute approximate surface area is 183 Å². The summed E-state index contributed by atoms with van der Waals surface area (Å²) < 4.78 is 53.2. The van der Waals surface area contributed by atoms with Gasteiger partial charge in [0, 0.05) is 5.92 Å². The van der Waals surface area contributed by atoms with Crippen LogP contribution in [0.5, 0.6) is 5.75 Å². The quantitative estimate of drug-likeness (QED) is 0.546. The summed E-state index contributed by atoms with van der Waals surface area (Å²) in [5.41, 5.74) is 1.75. The molecule has 2 aromatic carbocycles. The van der Waals surface area contributed by atoms with Gasteiger partial charge in [-0.1, -0.05) is 30.7 Å². The van der Waals surface area contributed by atoms with E-state index in [1.165, 1.54) is 31.4 Å². The monoisotopic (exact) mass is 469 g/mol. The van der Waals surface area contributed by atoms with E-state index < -0.39 is 27.7 Å². The van der Waals surface area contributed by atoms with Crippen molar-refractivity contribution in [3.8, 4) is 5.75 Å². The molecule has 0 spiro atoms. The molecule has 0 saturated heterocycles. The zero-order valence-electron chi connectivity index (χ0n) is 17.2. The van der Waals surface area contributed by atoms with Crippen molar-refractivity contribution in [3.63, 3.8) is 0 Å². The van der Waals surface area contributed by atoms with E-state index in [0.29, 0.717) is 16.7 Å². The highest BCUT2D eigenvalue weighted by molar-refractivity contribution is 7.89. The Morgan fingerprint density at radius 1 is 1.23 bits per heavy atom. The lowest BCUT2D eigenvalue weighted by Gasteiger charge is -2.25. The minimum Gasteiger partial charge on any atom is -0.494 e. The molecule has 31 heavy (non-hydrogen) atoms. The van der Waals surface area contributed by atoms with E-state index in [-0.39, 0.29) is 27.4 Å². The maximum atomic E-state index is 13.9. The first-order chi connectivity index (χ1) is 14.6. The summed E-state index contributed by atoms with van der Waals surface area (Å²) in [4.78, 5) is 11.4. The van der Waals surface area contributed by atoms with Crippen LogP contribution in [0.15, 0.2) is 44.4 Å². The lowest BCUT2D eigenvalue weighted by molar-refractivity contribution is 0.378. The Hall–Kier alpha value is -2.69. The number of para-hydroxylation sites is 1. The molecule has 3 aromatic rings. The van der Waals surface area contributed by atoms with Crippen LogP contribution in [-0.4, -0.2) is 25.7 Å². The van der Waals surface area contributed by atoms with Gasteiger partial charge >= 0.3 is 5.76 Å². The van der Waals surface area contributed by atoms with Crippen LogP contribution in [-0.2, 0) is 10.0 Å². The van der Waals surface area contributed by atoms with Crippen LogP contribution in [0.2, 0.25) is 5.02 Å². The number of H-pyrrole nitrogens is 1. The van der Waals surface area contributed by atoms with E-state index in [2.05, 4.69) is 14.9 Å². The summed E-state index contributed by atoms with van der Waals surface area (Å²) in [6.07, 6.45) is 0. The lowest BCUT2D eigenvalue weighted by atomic mass is 9.88. The first-order valence-corrected chi connectivity index (χ1v) is 11.1. The van der Waals surface area contributed by atoms with Crippen LogP contribution in [0.4, 0.5) is 4.39 Å². The fourth-order valence-electron chi connectivity index (χ4n) is 3.35. The molecular formula is C20H21ClFN3O5S. The lowest BCUT2D eigenvalue weighted by Crippen LogP contribution is -2.33. The van der Waals surface area contributed by atoms with Crippen molar-refractivity contribution in [2.45, 2.75) is 37.6 Å². The van der Waals surface area contributed by atoms with E-state index in [1.54, 1.807) is 26.8 Å². The number of rotatable bonds is 7. The Bertz CT molecular complexity index is 1270. The molecule has 1 heterocycles. The van der Waals surface area contributed by atoms with Gasteiger partial charge in [-0.15, -0.1) is 5.10 Å². The first-order valence-electron chi connectivity index (χ1n) is 9.22. The molecule has 0 amide bonds. The number of halogens is 2. The maximum Gasteiger partial charge on any atom is 0.434 e. The van der Waals surface area contributed by atoms with E-state index in [1.807, 2.05) is 0 Å². The van der Waals surface area contributed by atoms with Crippen molar-refractivity contribution in [2.24, 2.45) is 0 Å². The molecule has 0 saturated carbocycles. The number of nitrogens with zero attached hydrogens (tertiary/aromatic N) is 1. The largest absolute Gasteiger partial charge is 0.494 e. The van der Waals surface area contributed by atoms with Crippen molar-refractivity contribution in [1.82, 2.24) is 14.9 Å². The summed E-state index contributed by atoms with van der Waals surface area (Å²) in [6.45, 7) is 5.08. The van der Waals surface area contributed by atoms with Gasteiger partial charge in [0.05, 0.1) is 12.1 Å². The number of ether oxygens (including phenoxy) is 1. The molecule has 0 unspecified atom stereocenters. The van der Waals surface area contributed by atoms with Crippen LogP contribution >= 0.6 is 11.6 Å². The molecule has 1 aromatic heterocycles. The first kappa shape index (κ1) is 23.0. The molecule has 11 heteroatoms. The summed E-state index contributed by atoms with van der Waals surface area (Å²) in [5, 5.41) is 6.06. The molecule has 2 N–H and O–H groups in total. The van der Waals surface area contributed by atoms with Crippen molar-refractivity contribution in [3.05, 3.63) is 74.3 Å². The standard InChI is InChI=1S/C20H21ClFN3O5S/c1-10-11(2)15(22)9-8-13(10)12(3)17(19-23-24-20(26)30-19)25-31(27,28)16-7-5-6-14(21)18(16)29-4/h5-9,12,17,25H,1-4H3,(H,24,26)/t12-,17+/m1/s1. The second-order valence-corrected chi connectivity index (χ2v) is 9.09. The van der Waals surface area contributed by atoms with Gasteiger partial charge in [0.1, 0.15) is 16.8 Å². The number of sulfonamides is 1. The maximum absolute atomic E-state index is 13.9. The average Bonchev–Trinajstić information content (AvgIpc) is 3.15. The predicted octanol–water partition coefficient (Wildman–Crippen LogP) is 3.60. The summed E-state index contributed by atoms with van der Waals surface area (Å²) >= 11 is 6.07. The fraction of sp³-hybridized carbons (Fsp3) is 0.300. The minimum absolute atomic E-state index is 0.0274. The van der Waals surface area contributed by atoms with Crippen LogP contribution in [0.1, 0.15) is 41.5 Å². The number of aromatic nitrogens is 2. The molecule has 2 atom stereocenters. The van der Waals surface area contributed by atoms with Crippen LogP contribution in [0.3, 0.4) is 0 Å². The second kappa shape index (κ2) is 8.81. The zero-order valence-corrected chi connectivity index (χ0v) is 18.8. The SMILES string of the molecule is COc1c(Cl)cccc1S(=O)(=O)N[C@H](c1n[nH]c(=O)o1)[C@H](C)c1ccc(F)c(C)c1C. The second-order valence-electron chi connectivity index (χ2n) is 7.00. The van der Waals surface area contributed by atoms with Crippen molar-refractivity contribution < 1.29 is 22.0 Å². The van der Waals surface area contributed by atoms with E-state index >= 15 is 0 Å². The Morgan fingerprint density at radius 2 is 1.94 bits per heavy atom. The van der Waals surface area contributed by atoms with Gasteiger partial charge in [-0.2, -0.15) is 4.72 Å². The highest BCUT2D eigenvalue weighted by Gasteiger charge is 2.33.